The Bertz CT molecular complexity index is 447. The van der Waals surface area contributed by atoms with E-state index in [9.17, 15) is 8.42 Å². The zero-order valence-corrected chi connectivity index (χ0v) is 9.46. The molecule has 1 aromatic carbocycles. The zero-order chi connectivity index (χ0) is 10.9. The van der Waals surface area contributed by atoms with Gasteiger partial charge >= 0.3 is 0 Å². The molecule has 15 heavy (non-hydrogen) atoms. The van der Waals surface area contributed by atoms with Crippen LogP contribution in [0.5, 0.6) is 5.75 Å². The molecule has 0 saturated heterocycles. The summed E-state index contributed by atoms with van der Waals surface area (Å²) in [7, 11) is -3.13. The summed E-state index contributed by atoms with van der Waals surface area (Å²) in [5.41, 5.74) is 0. The van der Waals surface area contributed by atoms with E-state index < -0.39 is 9.84 Å². The molecule has 1 aliphatic carbocycles. The lowest BCUT2D eigenvalue weighted by Gasteiger charge is -2.06. The number of hydrogen-bond donors (Lipinski definition) is 0. The van der Waals surface area contributed by atoms with Crippen molar-refractivity contribution in [1.82, 2.24) is 0 Å². The summed E-state index contributed by atoms with van der Waals surface area (Å²) in [6.07, 6.45) is 3.66. The summed E-state index contributed by atoms with van der Waals surface area (Å²) in [5.74, 6) is 1.32. The maximum absolute atomic E-state index is 11.3. The molecule has 4 heteroatoms. The Morgan fingerprint density at radius 3 is 2.73 bits per heavy atom. The van der Waals surface area contributed by atoms with Gasteiger partial charge in [0.2, 0.25) is 0 Å². The lowest BCUT2D eigenvalue weighted by molar-refractivity contribution is 0.299. The average molecular weight is 226 g/mol. The van der Waals surface area contributed by atoms with Crippen molar-refractivity contribution in [2.24, 2.45) is 5.92 Å². The average Bonchev–Trinajstić information content (AvgIpc) is 2.97. The van der Waals surface area contributed by atoms with Crippen LogP contribution in [0.25, 0.3) is 0 Å². The zero-order valence-electron chi connectivity index (χ0n) is 8.64. The first kappa shape index (κ1) is 10.5. The van der Waals surface area contributed by atoms with Crippen LogP contribution >= 0.6 is 0 Å². The first-order chi connectivity index (χ1) is 7.05. The van der Waals surface area contributed by atoms with E-state index >= 15 is 0 Å². The molecule has 0 unspecified atom stereocenters. The smallest absolute Gasteiger partial charge is 0.175 e. The van der Waals surface area contributed by atoms with Gasteiger partial charge in [-0.3, -0.25) is 0 Å². The maximum Gasteiger partial charge on any atom is 0.175 e. The molecule has 3 nitrogen and oxygen atoms in total. The van der Waals surface area contributed by atoms with Crippen LogP contribution in [-0.4, -0.2) is 21.3 Å². The third kappa shape index (κ3) is 2.96. The highest BCUT2D eigenvalue weighted by molar-refractivity contribution is 7.90. The van der Waals surface area contributed by atoms with Crippen LogP contribution in [0.2, 0.25) is 0 Å². The second kappa shape index (κ2) is 3.85. The Hall–Kier alpha value is -1.03. The highest BCUT2D eigenvalue weighted by Gasteiger charge is 2.22. The third-order valence-electron chi connectivity index (χ3n) is 2.42. The van der Waals surface area contributed by atoms with Crippen molar-refractivity contribution in [3.8, 4) is 5.75 Å². The van der Waals surface area contributed by atoms with Gasteiger partial charge in [0, 0.05) is 6.26 Å². The maximum atomic E-state index is 11.3. The molecule has 0 aliphatic heterocycles. The monoisotopic (exact) mass is 226 g/mol. The van der Waals surface area contributed by atoms with Gasteiger partial charge in [-0.25, -0.2) is 8.42 Å². The molecule has 0 bridgehead atoms. The van der Waals surface area contributed by atoms with Crippen molar-refractivity contribution in [2.45, 2.75) is 17.7 Å². The van der Waals surface area contributed by atoms with Gasteiger partial charge in [-0.05, 0) is 37.0 Å². The van der Waals surface area contributed by atoms with E-state index in [0.717, 1.165) is 0 Å². The van der Waals surface area contributed by atoms with Crippen LogP contribution in [0.1, 0.15) is 12.8 Å². The van der Waals surface area contributed by atoms with Gasteiger partial charge in [0.1, 0.15) is 5.75 Å². The highest BCUT2D eigenvalue weighted by Crippen LogP contribution is 2.29. The third-order valence-corrected chi connectivity index (χ3v) is 3.53. The van der Waals surface area contributed by atoms with E-state index in [-0.39, 0.29) is 0 Å². The Morgan fingerprint density at radius 2 is 2.13 bits per heavy atom. The molecule has 1 aromatic rings. The molecule has 0 radical (unpaired) electrons. The standard InChI is InChI=1S/C11H14O3S/c1-15(12,13)11-4-2-3-10(7-11)14-8-9-5-6-9/h2-4,7,9H,5-6,8H2,1H3. The van der Waals surface area contributed by atoms with Crippen LogP contribution in [0.15, 0.2) is 29.2 Å². The number of hydrogen-bond acceptors (Lipinski definition) is 3. The Kier molecular flexibility index (Phi) is 2.69. The van der Waals surface area contributed by atoms with Crippen LogP contribution in [-0.2, 0) is 9.84 Å². The van der Waals surface area contributed by atoms with Crippen molar-refractivity contribution in [2.75, 3.05) is 12.9 Å². The quantitative estimate of drug-likeness (QED) is 0.787. The van der Waals surface area contributed by atoms with Gasteiger partial charge in [0.05, 0.1) is 11.5 Å². The van der Waals surface area contributed by atoms with E-state index in [1.807, 2.05) is 0 Å². The minimum atomic E-state index is -3.13. The van der Waals surface area contributed by atoms with Gasteiger partial charge in [0.15, 0.2) is 9.84 Å². The van der Waals surface area contributed by atoms with Crippen molar-refractivity contribution < 1.29 is 13.2 Å². The molecule has 0 spiro atoms. The lowest BCUT2D eigenvalue weighted by atomic mass is 10.3. The van der Waals surface area contributed by atoms with Crippen molar-refractivity contribution in [1.29, 1.82) is 0 Å². The summed E-state index contributed by atoms with van der Waals surface area (Å²) in [6, 6.07) is 6.66. The summed E-state index contributed by atoms with van der Waals surface area (Å²) < 4.78 is 28.1. The van der Waals surface area contributed by atoms with Crippen molar-refractivity contribution in [3.63, 3.8) is 0 Å². The predicted molar refractivity (Wildman–Crippen MR) is 57.8 cm³/mol. The van der Waals surface area contributed by atoms with Gasteiger partial charge in [-0.2, -0.15) is 0 Å². The van der Waals surface area contributed by atoms with Crippen LogP contribution in [0.3, 0.4) is 0 Å². The van der Waals surface area contributed by atoms with Gasteiger partial charge in [-0.1, -0.05) is 6.07 Å². The topological polar surface area (TPSA) is 43.4 Å². The van der Waals surface area contributed by atoms with Crippen molar-refractivity contribution >= 4 is 9.84 Å². The summed E-state index contributed by atoms with van der Waals surface area (Å²) >= 11 is 0. The number of benzene rings is 1. The van der Waals surface area contributed by atoms with Crippen LogP contribution in [0, 0.1) is 5.92 Å². The molecule has 1 fully saturated rings. The fourth-order valence-corrected chi connectivity index (χ4v) is 1.95. The Labute approximate surface area is 90.0 Å². The second-order valence-corrected chi connectivity index (χ2v) is 6.02. The van der Waals surface area contributed by atoms with E-state index in [1.165, 1.54) is 19.1 Å². The van der Waals surface area contributed by atoms with Crippen molar-refractivity contribution in [3.05, 3.63) is 24.3 Å². The molecule has 1 aliphatic rings. The molecule has 0 atom stereocenters. The summed E-state index contributed by atoms with van der Waals surface area (Å²) in [6.45, 7) is 0.702. The SMILES string of the molecule is CS(=O)(=O)c1cccc(OCC2CC2)c1. The first-order valence-electron chi connectivity index (χ1n) is 4.98. The number of ether oxygens (including phenoxy) is 1. The molecule has 82 valence electrons. The largest absolute Gasteiger partial charge is 0.493 e. The second-order valence-electron chi connectivity index (χ2n) is 4.00. The molecule has 0 aromatic heterocycles. The highest BCUT2D eigenvalue weighted by atomic mass is 32.2. The fourth-order valence-electron chi connectivity index (χ4n) is 1.29. The minimum Gasteiger partial charge on any atom is -0.493 e. The predicted octanol–water partition coefficient (Wildman–Crippen LogP) is 1.88. The minimum absolute atomic E-state index is 0.316. The summed E-state index contributed by atoms with van der Waals surface area (Å²) in [5, 5.41) is 0. The normalized spacial score (nSPS) is 16.3. The number of rotatable bonds is 4. The van der Waals surface area contributed by atoms with Crippen LogP contribution < -0.4 is 4.74 Å². The van der Waals surface area contributed by atoms with Gasteiger partial charge in [0.25, 0.3) is 0 Å². The Balaban J connectivity index is 2.11. The fraction of sp³-hybridized carbons (Fsp3) is 0.455. The lowest BCUT2D eigenvalue weighted by Crippen LogP contribution is -2.01. The molecule has 0 N–H and O–H groups in total. The molecule has 0 amide bonds. The van der Waals surface area contributed by atoms with Gasteiger partial charge < -0.3 is 4.74 Å². The Morgan fingerprint density at radius 1 is 1.40 bits per heavy atom. The molecule has 2 rings (SSSR count). The van der Waals surface area contributed by atoms with E-state index in [0.29, 0.717) is 23.2 Å². The molecule has 1 saturated carbocycles. The van der Waals surface area contributed by atoms with Crippen LogP contribution in [0.4, 0.5) is 0 Å². The first-order valence-corrected chi connectivity index (χ1v) is 6.88. The number of sulfone groups is 1. The van der Waals surface area contributed by atoms with E-state index in [4.69, 9.17) is 4.74 Å². The van der Waals surface area contributed by atoms with E-state index in [1.54, 1.807) is 24.3 Å². The molecule has 0 heterocycles. The molecular weight excluding hydrogens is 212 g/mol. The molecular formula is C11H14O3S. The summed E-state index contributed by atoms with van der Waals surface area (Å²) in [4.78, 5) is 0.316. The van der Waals surface area contributed by atoms with Gasteiger partial charge in [-0.15, -0.1) is 0 Å². The van der Waals surface area contributed by atoms with E-state index in [2.05, 4.69) is 0 Å².